The van der Waals surface area contributed by atoms with Gasteiger partial charge in [0.15, 0.2) is 0 Å². The second-order valence-corrected chi connectivity index (χ2v) is 7.49. The van der Waals surface area contributed by atoms with Crippen molar-refractivity contribution < 1.29 is 9.53 Å². The number of fused-ring (bicyclic) bond motifs is 1. The van der Waals surface area contributed by atoms with Crippen LogP contribution in [0.25, 0.3) is 21.2 Å². The number of hydrogen-bond acceptors (Lipinski definition) is 3. The van der Waals surface area contributed by atoms with Gasteiger partial charge in [-0.25, -0.2) is 0 Å². The van der Waals surface area contributed by atoms with E-state index in [1.807, 2.05) is 48.5 Å². The van der Waals surface area contributed by atoms with Crippen LogP contribution in [0.2, 0.25) is 0 Å². The highest BCUT2D eigenvalue weighted by atomic mass is 32.1. The lowest BCUT2D eigenvalue weighted by atomic mass is 10.0. The fourth-order valence-electron chi connectivity index (χ4n) is 3.24. The lowest BCUT2D eigenvalue weighted by Gasteiger charge is -2.08. The van der Waals surface area contributed by atoms with E-state index in [1.165, 1.54) is 21.2 Å². The Labute approximate surface area is 168 Å². The summed E-state index contributed by atoms with van der Waals surface area (Å²) >= 11 is 1.73. The van der Waals surface area contributed by atoms with E-state index in [4.69, 9.17) is 4.74 Å². The van der Waals surface area contributed by atoms with E-state index >= 15 is 0 Å². The van der Waals surface area contributed by atoms with Gasteiger partial charge in [0, 0.05) is 27.8 Å². The number of carbonyl (C=O) groups excluding carboxylic acids is 1. The van der Waals surface area contributed by atoms with Gasteiger partial charge in [-0.15, -0.1) is 11.3 Å². The van der Waals surface area contributed by atoms with Crippen LogP contribution in [-0.4, -0.2) is 19.6 Å². The van der Waals surface area contributed by atoms with Gasteiger partial charge in [-0.2, -0.15) is 0 Å². The smallest absolute Gasteiger partial charge is 0.251 e. The van der Waals surface area contributed by atoms with Crippen LogP contribution in [0, 0.1) is 0 Å². The zero-order valence-electron chi connectivity index (χ0n) is 15.6. The third-order valence-corrected chi connectivity index (χ3v) is 5.74. The molecule has 3 nitrogen and oxygen atoms in total. The second kappa shape index (κ2) is 8.28. The number of carbonyl (C=O) groups is 1. The first kappa shape index (κ1) is 18.3. The Kier molecular flexibility index (Phi) is 5.40. The predicted molar refractivity (Wildman–Crippen MR) is 116 cm³/mol. The second-order valence-electron chi connectivity index (χ2n) is 6.58. The van der Waals surface area contributed by atoms with Crippen LogP contribution in [0.1, 0.15) is 15.9 Å². The third kappa shape index (κ3) is 3.92. The Bertz CT molecular complexity index is 1100. The van der Waals surface area contributed by atoms with Crippen molar-refractivity contribution >= 4 is 27.3 Å². The number of rotatable bonds is 6. The van der Waals surface area contributed by atoms with Crippen molar-refractivity contribution in [1.29, 1.82) is 0 Å². The molecule has 0 aliphatic rings. The molecule has 0 saturated carbocycles. The van der Waals surface area contributed by atoms with E-state index in [-0.39, 0.29) is 5.91 Å². The quantitative estimate of drug-likeness (QED) is 0.471. The van der Waals surface area contributed by atoms with Gasteiger partial charge in [-0.1, -0.05) is 42.5 Å². The highest BCUT2D eigenvalue weighted by Gasteiger charge is 2.10. The molecule has 1 aromatic heterocycles. The van der Waals surface area contributed by atoms with Crippen LogP contribution in [0.5, 0.6) is 5.75 Å². The highest BCUT2D eigenvalue weighted by molar-refractivity contribution is 7.17. The Balaban J connectivity index is 1.44. The molecule has 0 spiro atoms. The van der Waals surface area contributed by atoms with Gasteiger partial charge in [0.2, 0.25) is 0 Å². The molecule has 4 aromatic rings. The van der Waals surface area contributed by atoms with Crippen molar-refractivity contribution in [2.75, 3.05) is 13.7 Å². The highest BCUT2D eigenvalue weighted by Crippen LogP contribution is 2.34. The Morgan fingerprint density at radius 3 is 2.64 bits per heavy atom. The van der Waals surface area contributed by atoms with Crippen molar-refractivity contribution in [3.8, 4) is 16.9 Å². The fourth-order valence-corrected chi connectivity index (χ4v) is 4.21. The van der Waals surface area contributed by atoms with Crippen LogP contribution in [0.15, 0.2) is 78.2 Å². The summed E-state index contributed by atoms with van der Waals surface area (Å²) < 4.78 is 6.43. The summed E-state index contributed by atoms with van der Waals surface area (Å²) in [5.41, 5.74) is 4.09. The summed E-state index contributed by atoms with van der Waals surface area (Å²) in [6, 6.07) is 24.1. The minimum Gasteiger partial charge on any atom is -0.497 e. The number of ether oxygens (including phenoxy) is 1. The standard InChI is InChI=1S/C24H21NO2S/c1-27-20-11-9-17(10-12-20)13-14-25-24(26)19-6-4-5-18(15-19)22-16-28-23-8-3-2-7-21(22)23/h2-12,15-16H,13-14H2,1H3,(H,25,26). The molecule has 0 aliphatic carbocycles. The maximum atomic E-state index is 12.6. The first-order valence-electron chi connectivity index (χ1n) is 9.22. The van der Waals surface area contributed by atoms with Gasteiger partial charge >= 0.3 is 0 Å². The minimum atomic E-state index is -0.0464. The van der Waals surface area contributed by atoms with Crippen LogP contribution >= 0.6 is 11.3 Å². The van der Waals surface area contributed by atoms with Gasteiger partial charge in [0.25, 0.3) is 5.91 Å². The molecule has 4 rings (SSSR count). The molecule has 0 bridgehead atoms. The SMILES string of the molecule is COc1ccc(CCNC(=O)c2cccc(-c3csc4ccccc34)c2)cc1. The average molecular weight is 388 g/mol. The number of thiophene rings is 1. The molecule has 1 N–H and O–H groups in total. The van der Waals surface area contributed by atoms with Gasteiger partial charge in [-0.05, 0) is 53.3 Å². The Morgan fingerprint density at radius 2 is 1.82 bits per heavy atom. The third-order valence-electron chi connectivity index (χ3n) is 4.78. The van der Waals surface area contributed by atoms with Gasteiger partial charge in [0.1, 0.15) is 5.75 Å². The average Bonchev–Trinajstić information content (AvgIpc) is 3.18. The molecule has 0 radical (unpaired) electrons. The number of benzene rings is 3. The molecule has 140 valence electrons. The molecule has 4 heteroatoms. The van der Waals surface area contributed by atoms with E-state index in [0.29, 0.717) is 12.1 Å². The Morgan fingerprint density at radius 1 is 1.00 bits per heavy atom. The zero-order valence-corrected chi connectivity index (χ0v) is 16.5. The molecule has 0 atom stereocenters. The molecule has 1 heterocycles. The van der Waals surface area contributed by atoms with E-state index in [9.17, 15) is 4.79 Å². The van der Waals surface area contributed by atoms with Crippen molar-refractivity contribution in [1.82, 2.24) is 5.32 Å². The summed E-state index contributed by atoms with van der Waals surface area (Å²) in [6.45, 7) is 0.594. The van der Waals surface area contributed by atoms with Crippen LogP contribution < -0.4 is 10.1 Å². The molecular formula is C24H21NO2S. The van der Waals surface area contributed by atoms with Crippen LogP contribution in [0.3, 0.4) is 0 Å². The summed E-state index contributed by atoms with van der Waals surface area (Å²) in [7, 11) is 1.66. The fraction of sp³-hybridized carbons (Fsp3) is 0.125. The lowest BCUT2D eigenvalue weighted by Crippen LogP contribution is -2.25. The Hall–Kier alpha value is -3.11. The summed E-state index contributed by atoms with van der Waals surface area (Å²) in [4.78, 5) is 12.6. The molecule has 0 fully saturated rings. The number of hydrogen-bond donors (Lipinski definition) is 1. The molecule has 0 unspecified atom stereocenters. The van der Waals surface area contributed by atoms with Crippen molar-refractivity contribution in [2.24, 2.45) is 0 Å². The van der Waals surface area contributed by atoms with Crippen molar-refractivity contribution in [3.05, 3.63) is 89.3 Å². The monoisotopic (exact) mass is 387 g/mol. The zero-order chi connectivity index (χ0) is 19.3. The van der Waals surface area contributed by atoms with E-state index in [2.05, 4.69) is 35.0 Å². The summed E-state index contributed by atoms with van der Waals surface area (Å²) in [6.07, 6.45) is 0.782. The first-order valence-corrected chi connectivity index (χ1v) is 10.1. The van der Waals surface area contributed by atoms with Crippen molar-refractivity contribution in [2.45, 2.75) is 6.42 Å². The van der Waals surface area contributed by atoms with Crippen LogP contribution in [0.4, 0.5) is 0 Å². The number of nitrogens with one attached hydrogen (secondary N) is 1. The lowest BCUT2D eigenvalue weighted by molar-refractivity contribution is 0.0954. The molecule has 0 saturated heterocycles. The maximum Gasteiger partial charge on any atom is 0.251 e. The van der Waals surface area contributed by atoms with Gasteiger partial charge in [-0.3, -0.25) is 4.79 Å². The molecule has 28 heavy (non-hydrogen) atoms. The van der Waals surface area contributed by atoms with Crippen LogP contribution in [-0.2, 0) is 6.42 Å². The molecule has 3 aromatic carbocycles. The van der Waals surface area contributed by atoms with E-state index < -0.39 is 0 Å². The summed E-state index contributed by atoms with van der Waals surface area (Å²) in [5, 5.41) is 6.40. The van der Waals surface area contributed by atoms with Gasteiger partial charge in [0.05, 0.1) is 7.11 Å². The number of methoxy groups -OCH3 is 1. The topological polar surface area (TPSA) is 38.3 Å². The molecule has 0 aliphatic heterocycles. The number of amides is 1. The van der Waals surface area contributed by atoms with E-state index in [0.717, 1.165) is 17.7 Å². The first-order chi connectivity index (χ1) is 13.7. The van der Waals surface area contributed by atoms with Gasteiger partial charge < -0.3 is 10.1 Å². The molecule has 1 amide bonds. The molecular weight excluding hydrogens is 366 g/mol. The van der Waals surface area contributed by atoms with Crippen molar-refractivity contribution in [3.63, 3.8) is 0 Å². The maximum absolute atomic E-state index is 12.6. The normalized spacial score (nSPS) is 10.8. The minimum absolute atomic E-state index is 0.0464. The largest absolute Gasteiger partial charge is 0.497 e. The van der Waals surface area contributed by atoms with E-state index in [1.54, 1.807) is 18.4 Å². The summed E-state index contributed by atoms with van der Waals surface area (Å²) in [5.74, 6) is 0.792. The predicted octanol–water partition coefficient (Wildman–Crippen LogP) is 5.55.